The van der Waals surface area contributed by atoms with E-state index in [2.05, 4.69) is 17.5 Å². The summed E-state index contributed by atoms with van der Waals surface area (Å²) in [6, 6.07) is 0. The molecule has 0 fully saturated rings. The van der Waals surface area contributed by atoms with Gasteiger partial charge in [-0.15, -0.1) is 0 Å². The molecule has 0 atom stereocenters. The van der Waals surface area contributed by atoms with Crippen molar-refractivity contribution in [3.63, 3.8) is 0 Å². The molecule has 1 nitrogen and oxygen atoms in total. The summed E-state index contributed by atoms with van der Waals surface area (Å²) < 4.78 is 3.43. The Morgan fingerprint density at radius 1 is 2.00 bits per heavy atom. The normalized spacial score (nSPS) is 7.50. The Morgan fingerprint density at radius 3 is 2.25 bits per heavy atom. The molecular weight excluding hydrogens is 70.1 g/mol. The van der Waals surface area contributed by atoms with Gasteiger partial charge in [-0.1, -0.05) is 19.7 Å². The SMILES string of the molecule is CC[N]S. The molecule has 0 aromatic heterocycles. The van der Waals surface area contributed by atoms with Gasteiger partial charge in [0, 0.05) is 6.54 Å². The minimum atomic E-state index is 0.809. The average molecular weight is 76.1 g/mol. The topological polar surface area (TPSA) is 14.1 Å². The highest BCUT2D eigenvalue weighted by atomic mass is 32.1. The van der Waals surface area contributed by atoms with E-state index in [1.165, 1.54) is 0 Å². The van der Waals surface area contributed by atoms with Gasteiger partial charge < -0.3 is 0 Å². The van der Waals surface area contributed by atoms with Crippen LogP contribution in [0.15, 0.2) is 0 Å². The van der Waals surface area contributed by atoms with Crippen LogP contribution >= 0.6 is 12.8 Å². The molecule has 0 aromatic rings. The predicted molar refractivity (Wildman–Crippen MR) is 21.7 cm³/mol. The van der Waals surface area contributed by atoms with Crippen molar-refractivity contribution in [1.29, 1.82) is 0 Å². The molecule has 25 valence electrons. The highest BCUT2D eigenvalue weighted by molar-refractivity contribution is 7.78. The van der Waals surface area contributed by atoms with Gasteiger partial charge >= 0.3 is 0 Å². The van der Waals surface area contributed by atoms with Crippen LogP contribution in [-0.2, 0) is 0 Å². The summed E-state index contributed by atoms with van der Waals surface area (Å²) in [5.41, 5.74) is 0. The molecule has 2 heteroatoms. The minimum absolute atomic E-state index is 0.809. The molecule has 0 saturated carbocycles. The van der Waals surface area contributed by atoms with E-state index in [-0.39, 0.29) is 0 Å². The van der Waals surface area contributed by atoms with Crippen molar-refractivity contribution >= 4 is 12.8 Å². The van der Waals surface area contributed by atoms with E-state index >= 15 is 0 Å². The Morgan fingerprint density at radius 2 is 2.25 bits per heavy atom. The van der Waals surface area contributed by atoms with Gasteiger partial charge in [-0.3, -0.25) is 0 Å². The standard InChI is InChI=1S/C2H6NS/c1-2-3-4/h4H,2H2,1H3. The quantitative estimate of drug-likeness (QED) is 0.436. The Balaban J connectivity index is 1.97. The number of rotatable bonds is 1. The highest BCUT2D eigenvalue weighted by Crippen LogP contribution is 1.56. The largest absolute Gasteiger partial charge is 0.179 e. The Kier molecular flexibility index (Phi) is 3.57. The maximum atomic E-state index is 3.55. The summed E-state index contributed by atoms with van der Waals surface area (Å²) in [5, 5.41) is 0. The molecule has 0 aliphatic carbocycles. The van der Waals surface area contributed by atoms with Crippen molar-refractivity contribution in [2.24, 2.45) is 0 Å². The lowest BCUT2D eigenvalue weighted by atomic mass is 10.8. The lowest BCUT2D eigenvalue weighted by molar-refractivity contribution is 1.03. The summed E-state index contributed by atoms with van der Waals surface area (Å²) in [6.45, 7) is 2.75. The Bertz CT molecular complexity index is 8.00. The van der Waals surface area contributed by atoms with Crippen LogP contribution < -0.4 is 4.72 Å². The van der Waals surface area contributed by atoms with Crippen LogP contribution in [0.2, 0.25) is 0 Å². The molecule has 0 rings (SSSR count). The zero-order valence-corrected chi connectivity index (χ0v) is 3.50. The minimum Gasteiger partial charge on any atom is -0.179 e. The smallest absolute Gasteiger partial charge is 0.0225 e. The molecule has 4 heavy (non-hydrogen) atoms. The molecule has 1 radical (unpaired) electrons. The van der Waals surface area contributed by atoms with Crippen molar-refractivity contribution < 1.29 is 0 Å². The van der Waals surface area contributed by atoms with Crippen molar-refractivity contribution in [2.75, 3.05) is 6.54 Å². The van der Waals surface area contributed by atoms with Crippen molar-refractivity contribution in [3.8, 4) is 0 Å². The van der Waals surface area contributed by atoms with Crippen LogP contribution in [0.4, 0.5) is 0 Å². The lowest BCUT2D eigenvalue weighted by Crippen LogP contribution is -1.81. The maximum absolute atomic E-state index is 3.55. The molecule has 0 aliphatic heterocycles. The first-order chi connectivity index (χ1) is 1.91. The fourth-order valence-electron chi connectivity index (χ4n) is 0. The van der Waals surface area contributed by atoms with Gasteiger partial charge in [-0.25, -0.2) is 0 Å². The van der Waals surface area contributed by atoms with Crippen molar-refractivity contribution in [1.82, 2.24) is 4.72 Å². The summed E-state index contributed by atoms with van der Waals surface area (Å²) in [7, 11) is 0. The third-order valence-corrected chi connectivity index (χ3v) is 0.424. The van der Waals surface area contributed by atoms with Crippen LogP contribution in [0.3, 0.4) is 0 Å². The number of hydrogen-bond donors (Lipinski definition) is 1. The molecule has 0 bridgehead atoms. The molecule has 0 N–H and O–H groups in total. The maximum Gasteiger partial charge on any atom is 0.0225 e. The van der Waals surface area contributed by atoms with Crippen molar-refractivity contribution in [2.45, 2.75) is 6.92 Å². The Hall–Kier alpha value is 0.310. The zero-order valence-electron chi connectivity index (χ0n) is 2.60. The third-order valence-electron chi connectivity index (χ3n) is 0.141. The number of thiol groups is 1. The number of nitrogens with zero attached hydrogens (tertiary/aromatic N) is 1. The van der Waals surface area contributed by atoms with E-state index in [0.717, 1.165) is 6.54 Å². The molecule has 0 spiro atoms. The molecular formula is C2H6NS. The van der Waals surface area contributed by atoms with E-state index < -0.39 is 0 Å². The van der Waals surface area contributed by atoms with Crippen LogP contribution in [0, 0.1) is 0 Å². The van der Waals surface area contributed by atoms with E-state index in [9.17, 15) is 0 Å². The van der Waals surface area contributed by atoms with Crippen molar-refractivity contribution in [3.05, 3.63) is 0 Å². The predicted octanol–water partition coefficient (Wildman–Crippen LogP) is 0.455. The summed E-state index contributed by atoms with van der Waals surface area (Å²) in [6.07, 6.45) is 0. The molecule has 0 aromatic carbocycles. The first-order valence-electron chi connectivity index (χ1n) is 1.22. The fraction of sp³-hybridized carbons (Fsp3) is 1.00. The van der Waals surface area contributed by atoms with Gasteiger partial charge in [-0.2, -0.15) is 4.72 Å². The molecule has 0 amide bonds. The van der Waals surface area contributed by atoms with Crippen LogP contribution in [0.1, 0.15) is 6.92 Å². The monoisotopic (exact) mass is 76.0 g/mol. The third kappa shape index (κ3) is 2.31. The average Bonchev–Trinajstić information content (AvgIpc) is 1.37. The van der Waals surface area contributed by atoms with E-state index in [4.69, 9.17) is 0 Å². The zero-order chi connectivity index (χ0) is 3.41. The fourth-order valence-corrected chi connectivity index (χ4v) is 0. The van der Waals surface area contributed by atoms with E-state index in [1.54, 1.807) is 0 Å². The second-order valence-electron chi connectivity index (χ2n) is 0.458. The van der Waals surface area contributed by atoms with Gasteiger partial charge in [0.1, 0.15) is 0 Å². The van der Waals surface area contributed by atoms with Gasteiger partial charge in [0.05, 0.1) is 0 Å². The second-order valence-corrected chi connectivity index (χ2v) is 0.740. The van der Waals surface area contributed by atoms with E-state index in [0.29, 0.717) is 0 Å². The first-order valence-corrected chi connectivity index (χ1v) is 1.62. The summed E-state index contributed by atoms with van der Waals surface area (Å²) in [5.74, 6) is 0. The number of hydrogen-bond acceptors (Lipinski definition) is 1. The summed E-state index contributed by atoms with van der Waals surface area (Å²) in [4.78, 5) is 0. The highest BCUT2D eigenvalue weighted by Gasteiger charge is 1.55. The van der Waals surface area contributed by atoms with Crippen LogP contribution in [0.5, 0.6) is 0 Å². The van der Waals surface area contributed by atoms with Crippen LogP contribution in [-0.4, -0.2) is 6.54 Å². The molecule has 0 heterocycles. The van der Waals surface area contributed by atoms with Gasteiger partial charge in [-0.05, 0) is 0 Å². The summed E-state index contributed by atoms with van der Waals surface area (Å²) >= 11 is 3.55. The second kappa shape index (κ2) is 3.31. The lowest BCUT2D eigenvalue weighted by Gasteiger charge is -1.70. The first kappa shape index (κ1) is 4.31. The van der Waals surface area contributed by atoms with Crippen LogP contribution in [0.25, 0.3) is 0 Å². The Labute approximate surface area is 31.9 Å². The van der Waals surface area contributed by atoms with Gasteiger partial charge in [0.2, 0.25) is 0 Å². The van der Waals surface area contributed by atoms with E-state index in [1.807, 2.05) is 6.92 Å². The van der Waals surface area contributed by atoms with Gasteiger partial charge in [0.25, 0.3) is 0 Å². The molecule has 0 saturated heterocycles. The molecule has 0 aliphatic rings. The van der Waals surface area contributed by atoms with Gasteiger partial charge in [0.15, 0.2) is 0 Å². The molecule has 0 unspecified atom stereocenters.